The molecule has 2 fully saturated rings. The van der Waals surface area contributed by atoms with Crippen LogP contribution in [0.2, 0.25) is 0 Å². The SMILES string of the molecule is Cc1ccc(CO)cc1N(CCO)c1ccnc(Nc2cc(N3CCOCC3)cc(N3CCOCC3)c2)n1. The van der Waals surface area contributed by atoms with Crippen LogP contribution < -0.4 is 20.0 Å². The molecule has 2 aliphatic rings. The number of anilines is 6. The number of hydrogen-bond acceptors (Lipinski definition) is 10. The number of nitrogens with zero attached hydrogens (tertiary/aromatic N) is 5. The van der Waals surface area contributed by atoms with E-state index in [1.807, 2.05) is 36.1 Å². The first-order chi connectivity index (χ1) is 18.6. The van der Waals surface area contributed by atoms with Gasteiger partial charge in [0, 0.05) is 61.7 Å². The number of rotatable bonds is 9. The number of morpholine rings is 2. The van der Waals surface area contributed by atoms with Crippen molar-refractivity contribution >= 4 is 34.5 Å². The van der Waals surface area contributed by atoms with E-state index >= 15 is 0 Å². The Morgan fingerprint density at radius 1 is 0.895 bits per heavy atom. The van der Waals surface area contributed by atoms with Gasteiger partial charge in [-0.1, -0.05) is 12.1 Å². The first-order valence-corrected chi connectivity index (χ1v) is 13.1. The smallest absolute Gasteiger partial charge is 0.229 e. The van der Waals surface area contributed by atoms with E-state index < -0.39 is 0 Å². The van der Waals surface area contributed by atoms with Crippen LogP contribution in [0.1, 0.15) is 11.1 Å². The topological polar surface area (TPSA) is 106 Å². The Hall–Kier alpha value is -3.44. The van der Waals surface area contributed by atoms with Crippen molar-refractivity contribution in [2.45, 2.75) is 13.5 Å². The Morgan fingerprint density at radius 3 is 2.16 bits per heavy atom. The van der Waals surface area contributed by atoms with Gasteiger partial charge in [-0.3, -0.25) is 0 Å². The molecule has 3 aromatic rings. The second kappa shape index (κ2) is 12.4. The van der Waals surface area contributed by atoms with E-state index in [1.54, 1.807) is 6.20 Å². The van der Waals surface area contributed by atoms with E-state index in [0.29, 0.717) is 44.7 Å². The van der Waals surface area contributed by atoms with Crippen molar-refractivity contribution in [1.29, 1.82) is 0 Å². The Bertz CT molecular complexity index is 1180. The normalized spacial score (nSPS) is 16.0. The standard InChI is InChI=1S/C28H36N6O4/c1-21-2-3-22(20-36)16-26(21)34(6-11-35)27-4-5-29-28(31-27)30-23-17-24(32-7-12-37-13-8-32)19-25(18-23)33-9-14-38-15-10-33/h2-5,16-19,35-36H,6-15,20H2,1H3,(H,29,30,31). The molecule has 38 heavy (non-hydrogen) atoms. The van der Waals surface area contributed by atoms with Crippen molar-refractivity contribution in [1.82, 2.24) is 9.97 Å². The number of hydrogen-bond donors (Lipinski definition) is 3. The number of aryl methyl sites for hydroxylation is 1. The third-order valence-electron chi connectivity index (χ3n) is 6.90. The van der Waals surface area contributed by atoms with E-state index in [4.69, 9.17) is 14.5 Å². The summed E-state index contributed by atoms with van der Waals surface area (Å²) in [6, 6.07) is 14.1. The van der Waals surface area contributed by atoms with Gasteiger partial charge in [0.15, 0.2) is 0 Å². The lowest BCUT2D eigenvalue weighted by atomic mass is 10.1. The number of aromatic nitrogens is 2. The zero-order valence-corrected chi connectivity index (χ0v) is 21.8. The van der Waals surface area contributed by atoms with Gasteiger partial charge < -0.3 is 39.7 Å². The Labute approximate surface area is 223 Å². The molecule has 2 aromatic carbocycles. The highest BCUT2D eigenvalue weighted by atomic mass is 16.5. The van der Waals surface area contributed by atoms with Crippen LogP contribution >= 0.6 is 0 Å². The maximum absolute atomic E-state index is 9.81. The third kappa shape index (κ3) is 6.16. The fourth-order valence-electron chi connectivity index (χ4n) is 4.87. The molecule has 1 aromatic heterocycles. The van der Waals surface area contributed by atoms with Crippen molar-refractivity contribution < 1.29 is 19.7 Å². The minimum atomic E-state index is -0.0538. The molecule has 2 saturated heterocycles. The van der Waals surface area contributed by atoms with E-state index in [0.717, 1.165) is 60.1 Å². The molecule has 2 aliphatic heterocycles. The molecule has 202 valence electrons. The van der Waals surface area contributed by atoms with Gasteiger partial charge in [0.1, 0.15) is 5.82 Å². The van der Waals surface area contributed by atoms with Crippen LogP contribution in [0.15, 0.2) is 48.7 Å². The van der Waals surface area contributed by atoms with Crippen LogP contribution in [0, 0.1) is 6.92 Å². The highest BCUT2D eigenvalue weighted by molar-refractivity contribution is 5.72. The number of aliphatic hydroxyl groups is 2. The fourth-order valence-corrected chi connectivity index (χ4v) is 4.87. The summed E-state index contributed by atoms with van der Waals surface area (Å²) in [7, 11) is 0. The Balaban J connectivity index is 1.45. The molecular weight excluding hydrogens is 484 g/mol. The average Bonchev–Trinajstić information content (AvgIpc) is 2.97. The molecule has 5 rings (SSSR count). The molecule has 0 unspecified atom stereocenters. The van der Waals surface area contributed by atoms with E-state index in [1.165, 1.54) is 0 Å². The van der Waals surface area contributed by atoms with E-state index in [2.05, 4.69) is 38.3 Å². The maximum atomic E-state index is 9.81. The Morgan fingerprint density at radius 2 is 1.55 bits per heavy atom. The first-order valence-electron chi connectivity index (χ1n) is 13.1. The van der Waals surface area contributed by atoms with Crippen LogP contribution in [0.3, 0.4) is 0 Å². The molecule has 0 spiro atoms. The predicted octanol–water partition coefficient (Wildman–Crippen LogP) is 2.82. The number of aliphatic hydroxyl groups excluding tert-OH is 2. The summed E-state index contributed by atoms with van der Waals surface area (Å²) in [6.45, 7) is 8.52. The predicted molar refractivity (Wildman–Crippen MR) is 149 cm³/mol. The van der Waals surface area contributed by atoms with E-state index in [-0.39, 0.29) is 13.2 Å². The third-order valence-corrected chi connectivity index (χ3v) is 6.90. The van der Waals surface area contributed by atoms with Crippen LogP contribution in [0.4, 0.5) is 34.5 Å². The summed E-state index contributed by atoms with van der Waals surface area (Å²) in [5, 5.41) is 22.9. The van der Waals surface area contributed by atoms with Crippen LogP contribution in [-0.4, -0.2) is 85.9 Å². The van der Waals surface area contributed by atoms with Crippen LogP contribution in [0.25, 0.3) is 0 Å². The summed E-state index contributed by atoms with van der Waals surface area (Å²) in [6.07, 6.45) is 1.72. The van der Waals surface area contributed by atoms with Crippen molar-refractivity contribution in [3.05, 3.63) is 59.8 Å². The van der Waals surface area contributed by atoms with Gasteiger partial charge in [0.25, 0.3) is 0 Å². The van der Waals surface area contributed by atoms with Crippen LogP contribution in [0.5, 0.6) is 0 Å². The van der Waals surface area contributed by atoms with Crippen molar-refractivity contribution in [2.75, 3.05) is 85.8 Å². The lowest BCUT2D eigenvalue weighted by molar-refractivity contribution is 0.122. The second-order valence-electron chi connectivity index (χ2n) is 9.45. The highest BCUT2D eigenvalue weighted by Crippen LogP contribution is 2.32. The van der Waals surface area contributed by atoms with Crippen molar-refractivity contribution in [2.24, 2.45) is 0 Å². The minimum Gasteiger partial charge on any atom is -0.395 e. The van der Waals surface area contributed by atoms with Gasteiger partial charge in [-0.2, -0.15) is 4.98 Å². The average molecular weight is 521 g/mol. The summed E-state index contributed by atoms with van der Waals surface area (Å²) in [4.78, 5) is 15.9. The fraction of sp³-hybridized carbons (Fsp3) is 0.429. The van der Waals surface area contributed by atoms with Crippen LogP contribution in [-0.2, 0) is 16.1 Å². The molecular formula is C28H36N6O4. The molecule has 10 nitrogen and oxygen atoms in total. The zero-order chi connectivity index (χ0) is 26.3. The molecule has 0 bridgehead atoms. The number of benzene rings is 2. The largest absolute Gasteiger partial charge is 0.395 e. The summed E-state index contributed by atoms with van der Waals surface area (Å²) in [5.74, 6) is 1.13. The second-order valence-corrected chi connectivity index (χ2v) is 9.45. The molecule has 0 aliphatic carbocycles. The number of nitrogens with one attached hydrogen (secondary N) is 1. The minimum absolute atomic E-state index is 0.0416. The zero-order valence-electron chi connectivity index (χ0n) is 21.8. The van der Waals surface area contributed by atoms with Crippen molar-refractivity contribution in [3.63, 3.8) is 0 Å². The lowest BCUT2D eigenvalue weighted by Gasteiger charge is -2.33. The molecule has 10 heteroatoms. The molecule has 0 saturated carbocycles. The molecule has 0 amide bonds. The van der Waals surface area contributed by atoms with Gasteiger partial charge in [-0.25, -0.2) is 4.98 Å². The monoisotopic (exact) mass is 520 g/mol. The summed E-state index contributed by atoms with van der Waals surface area (Å²) >= 11 is 0. The quantitative estimate of drug-likeness (QED) is 0.390. The first kappa shape index (κ1) is 26.2. The summed E-state index contributed by atoms with van der Waals surface area (Å²) in [5.41, 5.74) is 5.89. The van der Waals surface area contributed by atoms with Gasteiger partial charge >= 0.3 is 0 Å². The van der Waals surface area contributed by atoms with Gasteiger partial charge in [-0.05, 0) is 48.4 Å². The van der Waals surface area contributed by atoms with Gasteiger partial charge in [0.2, 0.25) is 5.95 Å². The summed E-state index contributed by atoms with van der Waals surface area (Å²) < 4.78 is 11.1. The molecule has 3 heterocycles. The van der Waals surface area contributed by atoms with E-state index in [9.17, 15) is 10.2 Å². The molecule has 0 radical (unpaired) electrons. The number of ether oxygens (including phenoxy) is 2. The van der Waals surface area contributed by atoms with Gasteiger partial charge in [-0.15, -0.1) is 0 Å². The lowest BCUT2D eigenvalue weighted by Crippen LogP contribution is -2.38. The molecule has 0 atom stereocenters. The highest BCUT2D eigenvalue weighted by Gasteiger charge is 2.18. The molecule has 3 N–H and O–H groups in total. The maximum Gasteiger partial charge on any atom is 0.229 e. The van der Waals surface area contributed by atoms with Gasteiger partial charge in [0.05, 0.1) is 39.6 Å². The Kier molecular flexibility index (Phi) is 8.54. The van der Waals surface area contributed by atoms with Crippen molar-refractivity contribution in [3.8, 4) is 0 Å².